The number of cyclic esters (lactones) is 1. The van der Waals surface area contributed by atoms with Crippen molar-refractivity contribution in [1.82, 2.24) is 9.78 Å². The summed E-state index contributed by atoms with van der Waals surface area (Å²) in [5.74, 6) is -0.375. The van der Waals surface area contributed by atoms with Crippen molar-refractivity contribution < 1.29 is 19.4 Å². The van der Waals surface area contributed by atoms with Gasteiger partial charge in [0.1, 0.15) is 5.69 Å². The zero-order chi connectivity index (χ0) is 19.9. The largest absolute Gasteiger partial charge is 0.407 e. The molecule has 0 bridgehead atoms. The van der Waals surface area contributed by atoms with Gasteiger partial charge in [0.25, 0.3) is 5.69 Å². The molecule has 27 heavy (non-hydrogen) atoms. The summed E-state index contributed by atoms with van der Waals surface area (Å²) in [6.07, 6.45) is 1.49. The Morgan fingerprint density at radius 2 is 1.85 bits per heavy atom. The maximum Gasteiger partial charge on any atom is 0.363 e. The molecule has 138 valence electrons. The summed E-state index contributed by atoms with van der Waals surface area (Å²) in [7, 11) is 0. The topological polar surface area (TPSA) is 143 Å². The number of carbonyl (C=O) groups excluding carboxylic acids is 1. The van der Waals surface area contributed by atoms with Crippen molar-refractivity contribution in [2.75, 3.05) is 0 Å². The lowest BCUT2D eigenvalue weighted by molar-refractivity contribution is -0.394. The number of aliphatic imine (C=N–C) groups is 1. The first kappa shape index (κ1) is 17.9. The van der Waals surface area contributed by atoms with Crippen LogP contribution in [0.25, 0.3) is 11.8 Å². The van der Waals surface area contributed by atoms with Gasteiger partial charge < -0.3 is 4.74 Å². The van der Waals surface area contributed by atoms with Crippen molar-refractivity contribution in [3.8, 4) is 5.69 Å². The maximum absolute atomic E-state index is 11.7. The standard InChI is InChI=1S/C16H13N5O6/c1-8-12(7-13-16(22)27-10(3)17-13)9(2)19(18-8)14-5-4-11(20(23)24)6-15(14)21(25)26/h4-7H,1-3H3/b13-7-. The summed E-state index contributed by atoms with van der Waals surface area (Å²) in [4.78, 5) is 36.6. The van der Waals surface area contributed by atoms with E-state index in [2.05, 4.69) is 10.1 Å². The second-order valence-electron chi connectivity index (χ2n) is 5.73. The molecule has 0 aliphatic carbocycles. The molecular weight excluding hydrogens is 358 g/mol. The average Bonchev–Trinajstić information content (AvgIpc) is 3.06. The highest BCUT2D eigenvalue weighted by Gasteiger charge is 2.25. The fourth-order valence-corrected chi connectivity index (χ4v) is 2.70. The molecule has 0 saturated carbocycles. The lowest BCUT2D eigenvalue weighted by atomic mass is 10.1. The van der Waals surface area contributed by atoms with Crippen molar-refractivity contribution in [3.05, 3.63) is 61.1 Å². The molecule has 1 aromatic heterocycles. The molecule has 0 radical (unpaired) electrons. The number of nitrogens with zero attached hydrogens (tertiary/aromatic N) is 5. The smallest absolute Gasteiger partial charge is 0.363 e. The van der Waals surface area contributed by atoms with Gasteiger partial charge in [0, 0.05) is 24.2 Å². The number of hydrogen-bond acceptors (Lipinski definition) is 8. The van der Waals surface area contributed by atoms with E-state index in [1.165, 1.54) is 22.9 Å². The average molecular weight is 371 g/mol. The van der Waals surface area contributed by atoms with Crippen LogP contribution in [0, 0.1) is 34.1 Å². The molecule has 0 saturated heterocycles. The Labute approximate surface area is 151 Å². The number of nitro groups is 2. The number of carbonyl (C=O) groups is 1. The van der Waals surface area contributed by atoms with E-state index in [-0.39, 0.29) is 17.3 Å². The van der Waals surface area contributed by atoms with Gasteiger partial charge >= 0.3 is 11.7 Å². The summed E-state index contributed by atoms with van der Waals surface area (Å²) < 4.78 is 6.17. The van der Waals surface area contributed by atoms with Crippen molar-refractivity contribution in [3.63, 3.8) is 0 Å². The van der Waals surface area contributed by atoms with Crippen LogP contribution < -0.4 is 0 Å². The lowest BCUT2D eigenvalue weighted by Gasteiger charge is -2.05. The van der Waals surface area contributed by atoms with E-state index >= 15 is 0 Å². The first-order valence-corrected chi connectivity index (χ1v) is 7.67. The summed E-state index contributed by atoms with van der Waals surface area (Å²) in [6.45, 7) is 4.88. The molecule has 2 aromatic rings. The van der Waals surface area contributed by atoms with Gasteiger partial charge in [-0.05, 0) is 26.0 Å². The predicted octanol–water partition coefficient (Wildman–Crippen LogP) is 2.62. The molecule has 11 nitrogen and oxygen atoms in total. The number of benzene rings is 1. The van der Waals surface area contributed by atoms with Gasteiger partial charge in [-0.15, -0.1) is 0 Å². The molecule has 1 aromatic carbocycles. The summed E-state index contributed by atoms with van der Waals surface area (Å²) in [5, 5.41) is 26.6. The zero-order valence-electron chi connectivity index (χ0n) is 14.5. The number of hydrogen-bond donors (Lipinski definition) is 0. The number of ether oxygens (including phenoxy) is 1. The SMILES string of the molecule is CC1=N/C(=C\c2c(C)nn(-c3ccc([N+](=O)[O-])cc3[N+](=O)[O-])c2C)C(=O)O1. The fourth-order valence-electron chi connectivity index (χ4n) is 2.70. The quantitative estimate of drug-likeness (QED) is 0.348. The van der Waals surface area contributed by atoms with E-state index < -0.39 is 27.2 Å². The molecule has 0 fully saturated rings. The minimum absolute atomic E-state index is 0.0736. The Morgan fingerprint density at radius 3 is 2.41 bits per heavy atom. The third-order valence-electron chi connectivity index (χ3n) is 3.95. The van der Waals surface area contributed by atoms with Gasteiger partial charge in [-0.1, -0.05) is 0 Å². The third-order valence-corrected chi connectivity index (χ3v) is 3.95. The van der Waals surface area contributed by atoms with Gasteiger partial charge in [0.05, 0.1) is 21.6 Å². The molecule has 3 rings (SSSR count). The minimum atomic E-state index is -0.709. The Hall–Kier alpha value is -3.89. The van der Waals surface area contributed by atoms with Crippen LogP contribution in [0.3, 0.4) is 0 Å². The summed E-state index contributed by atoms with van der Waals surface area (Å²) >= 11 is 0. The van der Waals surface area contributed by atoms with Crippen LogP contribution in [-0.2, 0) is 9.53 Å². The van der Waals surface area contributed by atoms with E-state index in [1.54, 1.807) is 20.8 Å². The maximum atomic E-state index is 11.7. The monoisotopic (exact) mass is 371 g/mol. The fraction of sp³-hybridized carbons (Fsp3) is 0.188. The number of aromatic nitrogens is 2. The minimum Gasteiger partial charge on any atom is -0.407 e. The highest BCUT2D eigenvalue weighted by molar-refractivity contribution is 6.06. The third kappa shape index (κ3) is 3.17. The number of rotatable bonds is 4. The number of non-ortho nitro benzene ring substituents is 1. The molecule has 2 heterocycles. The second-order valence-corrected chi connectivity index (χ2v) is 5.73. The molecule has 0 atom stereocenters. The van der Waals surface area contributed by atoms with Crippen LogP contribution in [0.15, 0.2) is 28.9 Å². The van der Waals surface area contributed by atoms with Crippen LogP contribution >= 0.6 is 0 Å². The first-order chi connectivity index (χ1) is 12.7. The Morgan fingerprint density at radius 1 is 1.15 bits per heavy atom. The van der Waals surface area contributed by atoms with Gasteiger partial charge in [-0.3, -0.25) is 20.2 Å². The lowest BCUT2D eigenvalue weighted by Crippen LogP contribution is -2.04. The predicted molar refractivity (Wildman–Crippen MR) is 93.5 cm³/mol. The molecule has 1 aliphatic rings. The van der Waals surface area contributed by atoms with Gasteiger partial charge in [0.2, 0.25) is 0 Å². The molecule has 0 unspecified atom stereocenters. The Kier molecular flexibility index (Phi) is 4.27. The van der Waals surface area contributed by atoms with E-state index in [4.69, 9.17) is 4.74 Å². The highest BCUT2D eigenvalue weighted by Crippen LogP contribution is 2.30. The number of nitro benzene ring substituents is 2. The van der Waals surface area contributed by atoms with Crippen molar-refractivity contribution in [2.45, 2.75) is 20.8 Å². The molecular formula is C16H13N5O6. The molecule has 0 spiro atoms. The van der Waals surface area contributed by atoms with Crippen LogP contribution in [-0.4, -0.2) is 31.5 Å². The van der Waals surface area contributed by atoms with Crippen molar-refractivity contribution >= 4 is 29.3 Å². The van der Waals surface area contributed by atoms with Crippen molar-refractivity contribution in [2.24, 2.45) is 4.99 Å². The summed E-state index contributed by atoms with van der Waals surface area (Å²) in [5.41, 5.74) is 0.870. The molecule has 0 amide bonds. The Bertz CT molecular complexity index is 1070. The van der Waals surface area contributed by atoms with Crippen LogP contribution in [0.5, 0.6) is 0 Å². The summed E-state index contributed by atoms with van der Waals surface area (Å²) in [6, 6.07) is 3.31. The van der Waals surface area contributed by atoms with Crippen LogP contribution in [0.1, 0.15) is 23.9 Å². The zero-order valence-corrected chi connectivity index (χ0v) is 14.5. The number of aryl methyl sites for hydroxylation is 1. The van der Waals surface area contributed by atoms with E-state index in [0.717, 1.165) is 6.07 Å². The van der Waals surface area contributed by atoms with Crippen molar-refractivity contribution in [1.29, 1.82) is 0 Å². The van der Waals surface area contributed by atoms with E-state index in [9.17, 15) is 25.0 Å². The molecule has 1 aliphatic heterocycles. The van der Waals surface area contributed by atoms with Crippen LogP contribution in [0.4, 0.5) is 11.4 Å². The van der Waals surface area contributed by atoms with Crippen LogP contribution in [0.2, 0.25) is 0 Å². The van der Waals surface area contributed by atoms with Gasteiger partial charge in [-0.2, -0.15) is 5.10 Å². The second kappa shape index (κ2) is 6.44. The van der Waals surface area contributed by atoms with E-state index in [0.29, 0.717) is 17.0 Å². The van der Waals surface area contributed by atoms with E-state index in [1.807, 2.05) is 0 Å². The number of esters is 1. The van der Waals surface area contributed by atoms with Gasteiger partial charge in [0.15, 0.2) is 11.6 Å². The Balaban J connectivity index is 2.15. The molecule has 11 heteroatoms. The van der Waals surface area contributed by atoms with Gasteiger partial charge in [-0.25, -0.2) is 14.5 Å². The first-order valence-electron chi connectivity index (χ1n) is 7.67. The normalized spacial score (nSPS) is 15.0. The molecule has 0 N–H and O–H groups in total. The highest BCUT2D eigenvalue weighted by atomic mass is 16.6.